The molecule has 1 saturated heterocycles. The number of hydrogen-bond acceptors (Lipinski definition) is 5. The third-order valence-electron chi connectivity index (χ3n) is 4.65. The van der Waals surface area contributed by atoms with E-state index in [1.807, 2.05) is 29.8 Å². The second-order valence-corrected chi connectivity index (χ2v) is 7.35. The number of aromatic nitrogens is 2. The number of rotatable bonds is 5. The summed E-state index contributed by atoms with van der Waals surface area (Å²) in [6, 6.07) is 11.7. The predicted octanol–water partition coefficient (Wildman–Crippen LogP) is 4.27. The molecule has 1 fully saturated rings. The molecule has 1 aromatic carbocycles. The minimum atomic E-state index is -0.364. The van der Waals surface area contributed by atoms with Gasteiger partial charge in [0.25, 0.3) is 5.91 Å². The van der Waals surface area contributed by atoms with Gasteiger partial charge in [-0.2, -0.15) is 0 Å². The molecule has 0 radical (unpaired) electrons. The van der Waals surface area contributed by atoms with Crippen LogP contribution in [0.2, 0.25) is 0 Å². The highest BCUT2D eigenvalue weighted by Crippen LogP contribution is 2.34. The van der Waals surface area contributed by atoms with Crippen molar-refractivity contribution < 1.29 is 9.18 Å². The number of halogens is 1. The number of nitrogens with zero attached hydrogens (tertiary/aromatic N) is 3. The van der Waals surface area contributed by atoms with Crippen molar-refractivity contribution in [1.29, 1.82) is 0 Å². The number of carbonyl (C=O) groups excluding carboxylic acids is 1. The molecule has 138 valence electrons. The lowest BCUT2D eigenvalue weighted by atomic mass is 10.1. The number of amides is 1. The molecule has 1 aliphatic heterocycles. The van der Waals surface area contributed by atoms with Crippen LogP contribution in [0.3, 0.4) is 0 Å². The lowest BCUT2D eigenvalue weighted by Gasteiger charge is -2.22. The number of benzene rings is 1. The van der Waals surface area contributed by atoms with Crippen molar-refractivity contribution in [1.82, 2.24) is 14.9 Å². The molecule has 27 heavy (non-hydrogen) atoms. The van der Waals surface area contributed by atoms with Crippen molar-refractivity contribution in [3.63, 3.8) is 0 Å². The van der Waals surface area contributed by atoms with Crippen LogP contribution in [0.1, 0.15) is 40.6 Å². The molecule has 0 unspecified atom stereocenters. The fourth-order valence-corrected chi connectivity index (χ4v) is 4.07. The van der Waals surface area contributed by atoms with Crippen LogP contribution in [0.5, 0.6) is 0 Å². The van der Waals surface area contributed by atoms with Crippen molar-refractivity contribution in [2.24, 2.45) is 0 Å². The van der Waals surface area contributed by atoms with Crippen molar-refractivity contribution in [2.45, 2.75) is 25.4 Å². The lowest BCUT2D eigenvalue weighted by Crippen LogP contribution is -2.23. The Hall–Kier alpha value is -2.64. The smallest absolute Gasteiger partial charge is 0.257 e. The van der Waals surface area contributed by atoms with Crippen LogP contribution in [0.4, 0.5) is 9.52 Å². The maximum absolute atomic E-state index is 13.0. The molecule has 5 nitrogen and oxygen atoms in total. The number of likely N-dealkylation sites (tertiary alicyclic amines) is 1. The standard InChI is InChI=1S/C20H19FN4OS/c21-15-8-6-14(7-9-15)19(26)24-20-23-17(13-27-20)18-5-3-11-25(18)12-16-4-1-2-10-22-16/h1-2,4,6-10,13,18H,3,5,11-12H2,(H,23,24,26)/t18-/m1/s1. The van der Waals surface area contributed by atoms with Crippen molar-refractivity contribution in [2.75, 3.05) is 11.9 Å². The van der Waals surface area contributed by atoms with Gasteiger partial charge >= 0.3 is 0 Å². The normalized spacial score (nSPS) is 17.1. The molecular weight excluding hydrogens is 363 g/mol. The molecule has 1 aliphatic rings. The van der Waals surface area contributed by atoms with E-state index in [-0.39, 0.29) is 17.8 Å². The van der Waals surface area contributed by atoms with Crippen LogP contribution in [0, 0.1) is 5.82 Å². The second kappa shape index (κ2) is 7.94. The number of nitrogens with one attached hydrogen (secondary N) is 1. The molecule has 3 aromatic rings. The summed E-state index contributed by atoms with van der Waals surface area (Å²) in [5.41, 5.74) is 2.43. The average Bonchev–Trinajstić information content (AvgIpc) is 3.32. The van der Waals surface area contributed by atoms with Gasteiger partial charge in [0, 0.05) is 23.7 Å². The van der Waals surface area contributed by atoms with E-state index in [4.69, 9.17) is 0 Å². The van der Waals surface area contributed by atoms with Gasteiger partial charge in [0.2, 0.25) is 0 Å². The summed E-state index contributed by atoms with van der Waals surface area (Å²) in [6.45, 7) is 1.80. The summed E-state index contributed by atoms with van der Waals surface area (Å²) in [4.78, 5) is 23.7. The van der Waals surface area contributed by atoms with E-state index in [1.54, 1.807) is 0 Å². The van der Waals surface area contributed by atoms with Gasteiger partial charge in [0.1, 0.15) is 5.82 Å². The third-order valence-corrected chi connectivity index (χ3v) is 5.42. The summed E-state index contributed by atoms with van der Waals surface area (Å²) in [5.74, 6) is -0.648. The highest BCUT2D eigenvalue weighted by atomic mass is 32.1. The number of anilines is 1. The Labute approximate surface area is 160 Å². The second-order valence-electron chi connectivity index (χ2n) is 6.49. The molecule has 1 N–H and O–H groups in total. The zero-order valence-corrected chi connectivity index (χ0v) is 15.5. The van der Waals surface area contributed by atoms with Crippen LogP contribution < -0.4 is 5.32 Å². The first kappa shape index (κ1) is 17.8. The number of thiazole rings is 1. The first-order valence-electron chi connectivity index (χ1n) is 8.85. The molecule has 0 spiro atoms. The number of carbonyl (C=O) groups is 1. The van der Waals surface area contributed by atoms with E-state index in [2.05, 4.69) is 20.2 Å². The van der Waals surface area contributed by atoms with Gasteiger partial charge in [-0.15, -0.1) is 11.3 Å². The van der Waals surface area contributed by atoms with Crippen molar-refractivity contribution in [3.05, 3.63) is 76.8 Å². The molecular formula is C20H19FN4OS. The van der Waals surface area contributed by atoms with Crippen LogP contribution in [0.25, 0.3) is 0 Å². The van der Waals surface area contributed by atoms with Crippen LogP contribution in [0.15, 0.2) is 54.0 Å². The zero-order chi connectivity index (χ0) is 18.6. The van der Waals surface area contributed by atoms with Crippen molar-refractivity contribution in [3.8, 4) is 0 Å². The van der Waals surface area contributed by atoms with E-state index < -0.39 is 0 Å². The fraction of sp³-hybridized carbons (Fsp3) is 0.250. The first-order valence-corrected chi connectivity index (χ1v) is 9.73. The van der Waals surface area contributed by atoms with Gasteiger partial charge in [-0.05, 0) is 55.8 Å². The Balaban J connectivity index is 1.43. The quantitative estimate of drug-likeness (QED) is 0.716. The molecule has 7 heteroatoms. The first-order chi connectivity index (χ1) is 13.2. The highest BCUT2D eigenvalue weighted by Gasteiger charge is 2.28. The molecule has 0 aliphatic carbocycles. The Kier molecular flexibility index (Phi) is 5.22. The third kappa shape index (κ3) is 4.20. The topological polar surface area (TPSA) is 58.1 Å². The van der Waals surface area contributed by atoms with Gasteiger partial charge in [-0.1, -0.05) is 6.07 Å². The van der Waals surface area contributed by atoms with E-state index in [0.29, 0.717) is 10.7 Å². The van der Waals surface area contributed by atoms with Gasteiger partial charge in [-0.3, -0.25) is 20.0 Å². The van der Waals surface area contributed by atoms with Crippen molar-refractivity contribution >= 4 is 22.4 Å². The monoisotopic (exact) mass is 382 g/mol. The minimum Gasteiger partial charge on any atom is -0.298 e. The molecule has 4 rings (SSSR count). The molecule has 0 bridgehead atoms. The average molecular weight is 382 g/mol. The summed E-state index contributed by atoms with van der Waals surface area (Å²) < 4.78 is 13.0. The SMILES string of the molecule is O=C(Nc1nc([C@H]2CCCN2Cc2ccccn2)cs1)c1ccc(F)cc1. The molecule has 1 atom stereocenters. The van der Waals surface area contributed by atoms with E-state index in [9.17, 15) is 9.18 Å². The van der Waals surface area contributed by atoms with Gasteiger partial charge in [-0.25, -0.2) is 9.37 Å². The summed E-state index contributed by atoms with van der Waals surface area (Å²) in [7, 11) is 0. The summed E-state index contributed by atoms with van der Waals surface area (Å²) >= 11 is 1.41. The van der Waals surface area contributed by atoms with Gasteiger partial charge < -0.3 is 0 Å². The van der Waals surface area contributed by atoms with Gasteiger partial charge in [0.05, 0.1) is 17.4 Å². The molecule has 2 aromatic heterocycles. The summed E-state index contributed by atoms with van der Waals surface area (Å²) in [5, 5.41) is 5.36. The lowest BCUT2D eigenvalue weighted by molar-refractivity contribution is 0.102. The van der Waals surface area contributed by atoms with E-state index in [1.165, 1.54) is 35.6 Å². The highest BCUT2D eigenvalue weighted by molar-refractivity contribution is 7.14. The maximum Gasteiger partial charge on any atom is 0.257 e. The van der Waals surface area contributed by atoms with E-state index in [0.717, 1.165) is 37.3 Å². The fourth-order valence-electron chi connectivity index (χ4n) is 3.32. The van der Waals surface area contributed by atoms with E-state index >= 15 is 0 Å². The van der Waals surface area contributed by atoms with Crippen LogP contribution >= 0.6 is 11.3 Å². The van der Waals surface area contributed by atoms with Crippen LogP contribution in [-0.4, -0.2) is 27.3 Å². The Morgan fingerprint density at radius 1 is 1.26 bits per heavy atom. The zero-order valence-electron chi connectivity index (χ0n) is 14.6. The molecule has 1 amide bonds. The molecule has 0 saturated carbocycles. The minimum absolute atomic E-state index is 0.236. The Bertz CT molecular complexity index is 913. The van der Waals surface area contributed by atoms with Crippen LogP contribution in [-0.2, 0) is 6.54 Å². The maximum atomic E-state index is 13.0. The Morgan fingerprint density at radius 3 is 2.89 bits per heavy atom. The molecule has 3 heterocycles. The Morgan fingerprint density at radius 2 is 2.11 bits per heavy atom. The van der Waals surface area contributed by atoms with Gasteiger partial charge in [0.15, 0.2) is 5.13 Å². The number of pyridine rings is 1. The number of hydrogen-bond donors (Lipinski definition) is 1. The predicted molar refractivity (Wildman–Crippen MR) is 103 cm³/mol. The summed E-state index contributed by atoms with van der Waals surface area (Å²) in [6.07, 6.45) is 3.97. The largest absolute Gasteiger partial charge is 0.298 e.